The molecular weight excluding hydrogens is 321 g/mol. The average molecular weight is 337 g/mol. The molecule has 1 amide bonds. The van der Waals surface area contributed by atoms with Gasteiger partial charge < -0.3 is 5.32 Å². The van der Waals surface area contributed by atoms with E-state index in [1.54, 1.807) is 25.1 Å². The van der Waals surface area contributed by atoms with Crippen molar-refractivity contribution in [3.8, 4) is 5.69 Å². The number of nitrogens with zero attached hydrogens (tertiary/aromatic N) is 2. The smallest absolute Gasteiger partial charge is 0.276 e. The zero-order valence-electron chi connectivity index (χ0n) is 13.6. The number of aromatic nitrogens is 2. The van der Waals surface area contributed by atoms with Gasteiger partial charge >= 0.3 is 0 Å². The van der Waals surface area contributed by atoms with Gasteiger partial charge in [-0.15, -0.1) is 0 Å². The molecule has 0 saturated carbocycles. The van der Waals surface area contributed by atoms with Gasteiger partial charge in [-0.1, -0.05) is 36.4 Å². The standard InChI is InChI=1S/C19H16FN3O2/c1-13-11-17(24)18(22-23(13)15-8-3-2-4-9-15)19(25)21-12-14-7-5-6-10-16(14)20/h2-11H,12H2,1H3,(H,21,25). The average Bonchev–Trinajstić information content (AvgIpc) is 2.61. The number of nitrogens with one attached hydrogen (secondary N) is 1. The molecule has 0 atom stereocenters. The first-order chi connectivity index (χ1) is 12.1. The number of benzene rings is 2. The summed E-state index contributed by atoms with van der Waals surface area (Å²) in [5.74, 6) is -1.06. The molecular formula is C19H16FN3O2. The Labute approximate surface area is 143 Å². The Hall–Kier alpha value is -3.28. The third-order valence-corrected chi connectivity index (χ3v) is 3.72. The van der Waals surface area contributed by atoms with Crippen LogP contribution in [0, 0.1) is 12.7 Å². The number of rotatable bonds is 4. The first kappa shape index (κ1) is 16.6. The predicted octanol–water partition coefficient (Wildman–Crippen LogP) is 2.61. The molecule has 6 heteroatoms. The third kappa shape index (κ3) is 3.63. The van der Waals surface area contributed by atoms with Crippen LogP contribution in [0.1, 0.15) is 21.7 Å². The van der Waals surface area contributed by atoms with Gasteiger partial charge in [0.1, 0.15) is 5.82 Å². The van der Waals surface area contributed by atoms with E-state index in [0.717, 1.165) is 5.69 Å². The molecule has 1 heterocycles. The minimum Gasteiger partial charge on any atom is -0.346 e. The van der Waals surface area contributed by atoms with Crippen molar-refractivity contribution in [1.82, 2.24) is 15.1 Å². The second-order valence-electron chi connectivity index (χ2n) is 5.52. The fourth-order valence-electron chi connectivity index (χ4n) is 2.44. The lowest BCUT2D eigenvalue weighted by atomic mass is 10.2. The highest BCUT2D eigenvalue weighted by molar-refractivity contribution is 5.92. The van der Waals surface area contributed by atoms with Crippen LogP contribution in [0.5, 0.6) is 0 Å². The summed E-state index contributed by atoms with van der Waals surface area (Å²) in [7, 11) is 0. The van der Waals surface area contributed by atoms with Gasteiger partial charge in [-0.2, -0.15) is 5.10 Å². The van der Waals surface area contributed by atoms with Crippen molar-refractivity contribution in [2.24, 2.45) is 0 Å². The van der Waals surface area contributed by atoms with Crippen molar-refractivity contribution >= 4 is 5.91 Å². The lowest BCUT2D eigenvalue weighted by Gasteiger charge is -2.11. The van der Waals surface area contributed by atoms with Crippen molar-refractivity contribution in [2.75, 3.05) is 0 Å². The number of halogens is 1. The molecule has 3 aromatic rings. The SMILES string of the molecule is Cc1cc(=O)c(C(=O)NCc2ccccc2F)nn1-c1ccccc1. The maximum Gasteiger partial charge on any atom is 0.276 e. The molecule has 0 fully saturated rings. The van der Waals surface area contributed by atoms with E-state index >= 15 is 0 Å². The minimum atomic E-state index is -0.641. The molecule has 1 aromatic heterocycles. The van der Waals surface area contributed by atoms with Crippen molar-refractivity contribution in [1.29, 1.82) is 0 Å². The van der Waals surface area contributed by atoms with Crippen LogP contribution in [0.4, 0.5) is 4.39 Å². The van der Waals surface area contributed by atoms with Gasteiger partial charge in [0, 0.05) is 23.9 Å². The minimum absolute atomic E-state index is 0.0220. The molecule has 25 heavy (non-hydrogen) atoms. The fraction of sp³-hybridized carbons (Fsp3) is 0.105. The van der Waals surface area contributed by atoms with E-state index in [1.165, 1.54) is 16.8 Å². The van der Waals surface area contributed by atoms with Gasteiger partial charge in [0.25, 0.3) is 5.91 Å². The molecule has 0 bridgehead atoms. The van der Waals surface area contributed by atoms with E-state index in [1.807, 2.05) is 30.3 Å². The van der Waals surface area contributed by atoms with Gasteiger partial charge in [-0.25, -0.2) is 9.07 Å². The van der Waals surface area contributed by atoms with E-state index in [2.05, 4.69) is 10.4 Å². The molecule has 0 aliphatic carbocycles. The summed E-state index contributed by atoms with van der Waals surface area (Å²) >= 11 is 0. The topological polar surface area (TPSA) is 64.0 Å². The number of amides is 1. The van der Waals surface area contributed by atoms with Gasteiger partial charge in [0.05, 0.1) is 5.69 Å². The molecule has 1 N–H and O–H groups in total. The van der Waals surface area contributed by atoms with Gasteiger partial charge in [0.2, 0.25) is 5.43 Å². The number of para-hydroxylation sites is 1. The van der Waals surface area contributed by atoms with Crippen LogP contribution in [0.25, 0.3) is 5.69 Å². The first-order valence-corrected chi connectivity index (χ1v) is 7.74. The summed E-state index contributed by atoms with van der Waals surface area (Å²) in [6.45, 7) is 1.72. The molecule has 0 radical (unpaired) electrons. The quantitative estimate of drug-likeness (QED) is 0.796. The molecule has 0 aliphatic rings. The van der Waals surface area contributed by atoms with Crippen molar-refractivity contribution in [2.45, 2.75) is 13.5 Å². The van der Waals surface area contributed by atoms with Crippen LogP contribution < -0.4 is 10.7 Å². The van der Waals surface area contributed by atoms with Crippen LogP contribution in [-0.4, -0.2) is 15.7 Å². The van der Waals surface area contributed by atoms with E-state index < -0.39 is 17.2 Å². The maximum absolute atomic E-state index is 13.6. The second-order valence-corrected chi connectivity index (χ2v) is 5.52. The predicted molar refractivity (Wildman–Crippen MR) is 92.1 cm³/mol. The molecule has 2 aromatic carbocycles. The lowest BCUT2D eigenvalue weighted by molar-refractivity contribution is 0.0942. The summed E-state index contributed by atoms with van der Waals surface area (Å²) < 4.78 is 15.2. The van der Waals surface area contributed by atoms with Crippen LogP contribution in [0.3, 0.4) is 0 Å². The number of carbonyl (C=O) groups excluding carboxylic acids is 1. The molecule has 3 rings (SSSR count). The summed E-state index contributed by atoms with van der Waals surface area (Å²) in [4.78, 5) is 24.5. The molecule has 0 aliphatic heterocycles. The summed E-state index contributed by atoms with van der Waals surface area (Å²) in [5, 5.41) is 6.72. The molecule has 0 spiro atoms. The van der Waals surface area contributed by atoms with E-state index in [-0.39, 0.29) is 12.2 Å². The van der Waals surface area contributed by atoms with Crippen LogP contribution in [0.2, 0.25) is 0 Å². The number of aryl methyl sites for hydroxylation is 1. The summed E-state index contributed by atoms with van der Waals surface area (Å²) in [6, 6.07) is 16.7. The van der Waals surface area contributed by atoms with Gasteiger partial charge in [-0.05, 0) is 25.1 Å². The van der Waals surface area contributed by atoms with Crippen molar-refractivity contribution < 1.29 is 9.18 Å². The van der Waals surface area contributed by atoms with Gasteiger partial charge in [-0.3, -0.25) is 9.59 Å². The van der Waals surface area contributed by atoms with Crippen molar-refractivity contribution in [3.63, 3.8) is 0 Å². The second kappa shape index (κ2) is 7.09. The highest BCUT2D eigenvalue weighted by Gasteiger charge is 2.15. The Morgan fingerprint density at radius 3 is 2.52 bits per heavy atom. The zero-order valence-corrected chi connectivity index (χ0v) is 13.6. The molecule has 5 nitrogen and oxygen atoms in total. The largest absolute Gasteiger partial charge is 0.346 e. The highest BCUT2D eigenvalue weighted by Crippen LogP contribution is 2.08. The molecule has 0 saturated heterocycles. The monoisotopic (exact) mass is 337 g/mol. The zero-order chi connectivity index (χ0) is 17.8. The van der Waals surface area contributed by atoms with Crippen LogP contribution in [0.15, 0.2) is 65.5 Å². The molecule has 0 unspecified atom stereocenters. The normalized spacial score (nSPS) is 10.5. The van der Waals surface area contributed by atoms with Crippen LogP contribution in [-0.2, 0) is 6.54 Å². The number of hydrogen-bond donors (Lipinski definition) is 1. The maximum atomic E-state index is 13.6. The highest BCUT2D eigenvalue weighted by atomic mass is 19.1. The Balaban J connectivity index is 1.88. The van der Waals surface area contributed by atoms with Crippen LogP contribution >= 0.6 is 0 Å². The van der Waals surface area contributed by atoms with Crippen molar-refractivity contribution in [3.05, 3.63) is 93.7 Å². The first-order valence-electron chi connectivity index (χ1n) is 7.74. The Morgan fingerprint density at radius 2 is 1.80 bits per heavy atom. The summed E-state index contributed by atoms with van der Waals surface area (Å²) in [5.41, 5.74) is 0.984. The van der Waals surface area contributed by atoms with E-state index in [0.29, 0.717) is 11.3 Å². The Kier molecular flexibility index (Phi) is 4.70. The molecule has 126 valence electrons. The van der Waals surface area contributed by atoms with E-state index in [9.17, 15) is 14.0 Å². The fourth-order valence-corrected chi connectivity index (χ4v) is 2.44. The Morgan fingerprint density at radius 1 is 1.12 bits per heavy atom. The summed E-state index contributed by atoms with van der Waals surface area (Å²) in [6.07, 6.45) is 0. The number of hydrogen-bond acceptors (Lipinski definition) is 3. The Bertz CT molecular complexity index is 968. The lowest BCUT2D eigenvalue weighted by Crippen LogP contribution is -2.31. The van der Waals surface area contributed by atoms with Gasteiger partial charge in [0.15, 0.2) is 5.69 Å². The van der Waals surface area contributed by atoms with E-state index in [4.69, 9.17) is 0 Å². The number of carbonyl (C=O) groups is 1. The third-order valence-electron chi connectivity index (χ3n) is 3.72.